The van der Waals surface area contributed by atoms with E-state index in [2.05, 4.69) is 6.58 Å². The summed E-state index contributed by atoms with van der Waals surface area (Å²) in [5.74, 6) is 0. The first kappa shape index (κ1) is 18.3. The first-order valence-electron chi connectivity index (χ1n) is 6.27. The molecule has 6 heteroatoms. The summed E-state index contributed by atoms with van der Waals surface area (Å²) in [6, 6.07) is 0. The second kappa shape index (κ2) is 7.17. The molecule has 0 aromatic rings. The standard InChI is InChI=1S/C14H24O6/c1-10(8-17-11(15)19-13(2,3)4)9-18-12(16)20-14(5,6)7/h1,8-9H2,2-7H3. The molecule has 116 valence electrons. The van der Waals surface area contributed by atoms with E-state index in [0.717, 1.165) is 0 Å². The number of hydrogen-bond acceptors (Lipinski definition) is 6. The molecule has 0 radical (unpaired) electrons. The monoisotopic (exact) mass is 288 g/mol. The molecule has 0 atom stereocenters. The number of hydrogen-bond donors (Lipinski definition) is 0. The lowest BCUT2D eigenvalue weighted by Crippen LogP contribution is -2.26. The Labute approximate surface area is 120 Å². The van der Waals surface area contributed by atoms with Crippen LogP contribution in [0.4, 0.5) is 9.59 Å². The molecule has 0 heterocycles. The quantitative estimate of drug-likeness (QED) is 0.583. The number of rotatable bonds is 4. The summed E-state index contributed by atoms with van der Waals surface area (Å²) in [6.07, 6.45) is -1.59. The summed E-state index contributed by atoms with van der Waals surface area (Å²) in [7, 11) is 0. The minimum Gasteiger partial charge on any atom is -0.430 e. The van der Waals surface area contributed by atoms with Crippen LogP contribution < -0.4 is 0 Å². The normalized spacial score (nSPS) is 11.5. The van der Waals surface area contributed by atoms with Crippen LogP contribution >= 0.6 is 0 Å². The molecule has 0 saturated heterocycles. The van der Waals surface area contributed by atoms with Gasteiger partial charge >= 0.3 is 12.3 Å². The molecule has 6 nitrogen and oxygen atoms in total. The van der Waals surface area contributed by atoms with Crippen molar-refractivity contribution in [2.75, 3.05) is 13.2 Å². The van der Waals surface area contributed by atoms with Gasteiger partial charge < -0.3 is 18.9 Å². The van der Waals surface area contributed by atoms with Crippen molar-refractivity contribution >= 4 is 12.3 Å². The summed E-state index contributed by atoms with van der Waals surface area (Å²) in [5.41, 5.74) is -0.821. The molecule has 0 fully saturated rings. The molecule has 0 unspecified atom stereocenters. The Morgan fingerprint density at radius 2 is 1.10 bits per heavy atom. The van der Waals surface area contributed by atoms with Gasteiger partial charge in [-0.1, -0.05) is 6.58 Å². The molecule has 0 amide bonds. The Balaban J connectivity index is 3.91. The third-order valence-corrected chi connectivity index (χ3v) is 1.57. The topological polar surface area (TPSA) is 71.1 Å². The molecule has 0 N–H and O–H groups in total. The molecule has 20 heavy (non-hydrogen) atoms. The molecule has 0 spiro atoms. The summed E-state index contributed by atoms with van der Waals surface area (Å²) in [5, 5.41) is 0. The fraction of sp³-hybridized carbons (Fsp3) is 0.714. The van der Waals surface area contributed by atoms with Gasteiger partial charge in [0.05, 0.1) is 0 Å². The SMILES string of the molecule is C=C(COC(=O)OC(C)(C)C)COC(=O)OC(C)(C)C. The summed E-state index contributed by atoms with van der Waals surface area (Å²) >= 11 is 0. The molecule has 0 aromatic heterocycles. The predicted molar refractivity (Wildman–Crippen MR) is 73.5 cm³/mol. The summed E-state index contributed by atoms with van der Waals surface area (Å²) < 4.78 is 19.5. The van der Waals surface area contributed by atoms with E-state index in [4.69, 9.17) is 18.9 Å². The lowest BCUT2D eigenvalue weighted by Gasteiger charge is -2.20. The zero-order valence-corrected chi connectivity index (χ0v) is 13.1. The fourth-order valence-electron chi connectivity index (χ4n) is 0.923. The van der Waals surface area contributed by atoms with E-state index in [1.54, 1.807) is 41.5 Å². The van der Waals surface area contributed by atoms with Crippen molar-refractivity contribution in [2.24, 2.45) is 0 Å². The minimum atomic E-state index is -0.795. The molecular weight excluding hydrogens is 264 g/mol. The largest absolute Gasteiger partial charge is 0.509 e. The zero-order chi connectivity index (χ0) is 16.0. The maximum absolute atomic E-state index is 11.3. The van der Waals surface area contributed by atoms with Crippen molar-refractivity contribution in [1.29, 1.82) is 0 Å². The summed E-state index contributed by atoms with van der Waals surface area (Å²) in [6.45, 7) is 13.8. The van der Waals surface area contributed by atoms with Crippen LogP contribution in [0, 0.1) is 0 Å². The van der Waals surface area contributed by atoms with Crippen molar-refractivity contribution in [3.8, 4) is 0 Å². The first-order valence-corrected chi connectivity index (χ1v) is 6.27. The van der Waals surface area contributed by atoms with Crippen molar-refractivity contribution in [3.05, 3.63) is 12.2 Å². The maximum Gasteiger partial charge on any atom is 0.509 e. The van der Waals surface area contributed by atoms with Crippen LogP contribution in [0.1, 0.15) is 41.5 Å². The maximum atomic E-state index is 11.3. The highest BCUT2D eigenvalue weighted by atomic mass is 16.7. The molecule has 0 aliphatic rings. The highest BCUT2D eigenvalue weighted by Gasteiger charge is 2.19. The van der Waals surface area contributed by atoms with Gasteiger partial charge in [-0.05, 0) is 47.1 Å². The van der Waals surface area contributed by atoms with Gasteiger partial charge in [0.2, 0.25) is 0 Å². The predicted octanol–water partition coefficient (Wildman–Crippen LogP) is 3.45. The Morgan fingerprint density at radius 3 is 1.35 bits per heavy atom. The van der Waals surface area contributed by atoms with E-state index in [1.165, 1.54) is 0 Å². The van der Waals surface area contributed by atoms with E-state index in [9.17, 15) is 9.59 Å². The van der Waals surface area contributed by atoms with Gasteiger partial charge in [0.15, 0.2) is 0 Å². The second-order valence-corrected chi connectivity index (χ2v) is 6.26. The van der Waals surface area contributed by atoms with Crippen molar-refractivity contribution in [1.82, 2.24) is 0 Å². The Bertz CT molecular complexity index is 325. The van der Waals surface area contributed by atoms with Gasteiger partial charge in [-0.25, -0.2) is 9.59 Å². The average molecular weight is 288 g/mol. The van der Waals surface area contributed by atoms with Gasteiger partial charge in [-0.15, -0.1) is 0 Å². The third kappa shape index (κ3) is 11.4. The number of carbonyl (C=O) groups is 2. The minimum absolute atomic E-state index is 0.0856. The Hall–Kier alpha value is -1.72. The van der Waals surface area contributed by atoms with E-state index in [-0.39, 0.29) is 13.2 Å². The van der Waals surface area contributed by atoms with Gasteiger partial charge in [0.1, 0.15) is 24.4 Å². The zero-order valence-electron chi connectivity index (χ0n) is 13.1. The lowest BCUT2D eigenvalue weighted by atomic mass is 10.2. The first-order chi connectivity index (χ1) is 8.89. The molecule has 0 rings (SSSR count). The van der Waals surface area contributed by atoms with Crippen LogP contribution in [0.3, 0.4) is 0 Å². The Morgan fingerprint density at radius 1 is 0.800 bits per heavy atom. The molecule has 0 bridgehead atoms. The number of ether oxygens (including phenoxy) is 4. The average Bonchev–Trinajstić information content (AvgIpc) is 2.18. The van der Waals surface area contributed by atoms with Crippen LogP contribution in [0.25, 0.3) is 0 Å². The second-order valence-electron chi connectivity index (χ2n) is 6.26. The van der Waals surface area contributed by atoms with Gasteiger partial charge in [-0.2, -0.15) is 0 Å². The van der Waals surface area contributed by atoms with Crippen molar-refractivity contribution in [3.63, 3.8) is 0 Å². The van der Waals surface area contributed by atoms with Crippen LogP contribution in [0.2, 0.25) is 0 Å². The molecule has 0 saturated carbocycles. The lowest BCUT2D eigenvalue weighted by molar-refractivity contribution is -0.00963. The van der Waals surface area contributed by atoms with E-state index in [1.807, 2.05) is 0 Å². The summed E-state index contributed by atoms with van der Waals surface area (Å²) in [4.78, 5) is 22.5. The highest BCUT2D eigenvalue weighted by Crippen LogP contribution is 2.10. The van der Waals surface area contributed by atoms with Crippen molar-refractivity contribution < 1.29 is 28.5 Å². The van der Waals surface area contributed by atoms with Crippen molar-refractivity contribution in [2.45, 2.75) is 52.7 Å². The highest BCUT2D eigenvalue weighted by molar-refractivity contribution is 5.61. The fourth-order valence-corrected chi connectivity index (χ4v) is 0.923. The van der Waals surface area contributed by atoms with Gasteiger partial charge in [-0.3, -0.25) is 0 Å². The van der Waals surface area contributed by atoms with Crippen LogP contribution in [0.5, 0.6) is 0 Å². The van der Waals surface area contributed by atoms with E-state index >= 15 is 0 Å². The van der Waals surface area contributed by atoms with Crippen LogP contribution in [-0.2, 0) is 18.9 Å². The third-order valence-electron chi connectivity index (χ3n) is 1.57. The van der Waals surface area contributed by atoms with E-state index < -0.39 is 23.5 Å². The molecule has 0 aromatic carbocycles. The Kier molecular flexibility index (Phi) is 6.55. The number of carbonyl (C=O) groups excluding carboxylic acids is 2. The van der Waals surface area contributed by atoms with E-state index in [0.29, 0.717) is 5.57 Å². The van der Waals surface area contributed by atoms with Crippen LogP contribution in [-0.4, -0.2) is 36.7 Å². The van der Waals surface area contributed by atoms with Crippen LogP contribution in [0.15, 0.2) is 12.2 Å². The van der Waals surface area contributed by atoms with Gasteiger partial charge in [0.25, 0.3) is 0 Å². The molecule has 0 aliphatic heterocycles. The smallest absolute Gasteiger partial charge is 0.430 e. The molecule has 0 aliphatic carbocycles. The van der Waals surface area contributed by atoms with Gasteiger partial charge in [0, 0.05) is 0 Å². The molecular formula is C14H24O6.